The molecule has 1 saturated carbocycles. The first-order valence-electron chi connectivity index (χ1n) is 9.29. The second-order valence-electron chi connectivity index (χ2n) is 7.36. The lowest BCUT2D eigenvalue weighted by molar-refractivity contribution is 0.371. The quantitative estimate of drug-likeness (QED) is 0.364. The summed E-state index contributed by atoms with van der Waals surface area (Å²) < 4.78 is 28.9. The number of methoxy groups -OCH3 is 1. The Morgan fingerprint density at radius 1 is 1.30 bits per heavy atom. The molecule has 2 aliphatic rings. The van der Waals surface area contributed by atoms with E-state index in [-0.39, 0.29) is 46.9 Å². The number of guanidine groups is 1. The van der Waals surface area contributed by atoms with Gasteiger partial charge in [0.15, 0.2) is 15.8 Å². The summed E-state index contributed by atoms with van der Waals surface area (Å²) in [6.45, 7) is 0.756. The van der Waals surface area contributed by atoms with Crippen LogP contribution in [0.4, 0.5) is 0 Å². The lowest BCUT2D eigenvalue weighted by Gasteiger charge is -2.32. The van der Waals surface area contributed by atoms with E-state index < -0.39 is 9.84 Å². The first-order chi connectivity index (χ1) is 12.5. The van der Waals surface area contributed by atoms with Gasteiger partial charge < -0.3 is 15.4 Å². The van der Waals surface area contributed by atoms with Crippen molar-refractivity contribution in [2.45, 2.75) is 43.6 Å². The molecule has 1 atom stereocenters. The molecule has 0 bridgehead atoms. The van der Waals surface area contributed by atoms with Crippen LogP contribution in [0.15, 0.2) is 29.3 Å². The molecule has 0 spiro atoms. The average Bonchev–Trinajstić information content (AvgIpc) is 3.25. The van der Waals surface area contributed by atoms with Crippen LogP contribution in [0.25, 0.3) is 0 Å². The van der Waals surface area contributed by atoms with E-state index in [4.69, 9.17) is 4.74 Å². The smallest absolute Gasteiger partial charge is 0.191 e. The summed E-state index contributed by atoms with van der Waals surface area (Å²) in [6, 6.07) is 8.18. The molecule has 0 amide bonds. The van der Waals surface area contributed by atoms with Gasteiger partial charge in [-0.15, -0.1) is 24.0 Å². The zero-order chi connectivity index (χ0) is 18.6. The SMILES string of the molecule is CN=C(NCC1(c2ccccc2OC)CCCC1)NC1CCS(=O)(=O)C1.I. The second kappa shape index (κ2) is 9.45. The van der Waals surface area contributed by atoms with Gasteiger partial charge in [0.05, 0.1) is 18.6 Å². The van der Waals surface area contributed by atoms with Crippen molar-refractivity contribution < 1.29 is 13.2 Å². The standard InChI is InChI=1S/C19H29N3O3S.HI/c1-20-18(22-15-9-12-26(23,24)13-15)21-14-19(10-5-6-11-19)16-7-3-4-8-17(16)25-2;/h3-4,7-8,15H,5-6,9-14H2,1-2H3,(H2,20,21,22);1H. The van der Waals surface area contributed by atoms with E-state index in [1.54, 1.807) is 14.2 Å². The highest BCUT2D eigenvalue weighted by Gasteiger charge is 2.38. The van der Waals surface area contributed by atoms with Crippen molar-refractivity contribution in [1.82, 2.24) is 10.6 Å². The summed E-state index contributed by atoms with van der Waals surface area (Å²) in [4.78, 5) is 4.30. The highest BCUT2D eigenvalue weighted by atomic mass is 127. The van der Waals surface area contributed by atoms with Crippen molar-refractivity contribution in [2.24, 2.45) is 4.99 Å². The molecule has 0 radical (unpaired) electrons. The highest BCUT2D eigenvalue weighted by Crippen LogP contribution is 2.44. The fraction of sp³-hybridized carbons (Fsp3) is 0.632. The molecule has 1 heterocycles. The molecule has 152 valence electrons. The predicted octanol–water partition coefficient (Wildman–Crippen LogP) is 2.48. The van der Waals surface area contributed by atoms with Gasteiger partial charge in [0.2, 0.25) is 0 Å². The number of benzene rings is 1. The number of para-hydroxylation sites is 1. The molecule has 1 unspecified atom stereocenters. The number of halogens is 1. The van der Waals surface area contributed by atoms with Gasteiger partial charge in [-0.3, -0.25) is 4.99 Å². The lowest BCUT2D eigenvalue weighted by atomic mass is 9.78. The number of nitrogens with one attached hydrogen (secondary N) is 2. The molecule has 1 aromatic carbocycles. The fourth-order valence-corrected chi connectivity index (χ4v) is 5.90. The number of hydrogen-bond donors (Lipinski definition) is 2. The minimum Gasteiger partial charge on any atom is -0.496 e. The van der Waals surface area contributed by atoms with Gasteiger partial charge in [0.25, 0.3) is 0 Å². The summed E-state index contributed by atoms with van der Waals surface area (Å²) in [6.07, 6.45) is 5.25. The minimum atomic E-state index is -2.91. The maximum absolute atomic E-state index is 11.7. The van der Waals surface area contributed by atoms with Gasteiger partial charge in [-0.25, -0.2) is 8.42 Å². The molecule has 2 fully saturated rings. The summed E-state index contributed by atoms with van der Waals surface area (Å²) in [5.41, 5.74) is 1.26. The third kappa shape index (κ3) is 5.28. The van der Waals surface area contributed by atoms with E-state index in [0.29, 0.717) is 12.4 Å². The van der Waals surface area contributed by atoms with Crippen molar-refractivity contribution in [2.75, 3.05) is 32.2 Å². The Bertz CT molecular complexity index is 761. The van der Waals surface area contributed by atoms with E-state index in [0.717, 1.165) is 25.1 Å². The Morgan fingerprint density at radius 2 is 2.00 bits per heavy atom. The highest BCUT2D eigenvalue weighted by molar-refractivity contribution is 14.0. The normalized spacial score (nSPS) is 23.5. The molecule has 0 aromatic heterocycles. The van der Waals surface area contributed by atoms with Crippen molar-refractivity contribution in [3.05, 3.63) is 29.8 Å². The number of nitrogens with zero attached hydrogens (tertiary/aromatic N) is 1. The van der Waals surface area contributed by atoms with Gasteiger partial charge in [-0.1, -0.05) is 31.0 Å². The van der Waals surface area contributed by atoms with Crippen molar-refractivity contribution in [3.63, 3.8) is 0 Å². The molecule has 3 rings (SSSR count). The van der Waals surface area contributed by atoms with Crippen LogP contribution in [0.1, 0.15) is 37.7 Å². The summed E-state index contributed by atoms with van der Waals surface area (Å²) in [5.74, 6) is 2.05. The second-order valence-corrected chi connectivity index (χ2v) is 9.59. The topological polar surface area (TPSA) is 79.8 Å². The molecule has 1 aliphatic carbocycles. The first kappa shape index (κ1) is 22.3. The summed E-state index contributed by atoms with van der Waals surface area (Å²) >= 11 is 0. The van der Waals surface area contributed by atoms with Gasteiger partial charge in [0, 0.05) is 30.6 Å². The van der Waals surface area contributed by atoms with E-state index in [9.17, 15) is 8.42 Å². The fourth-order valence-electron chi connectivity index (χ4n) is 4.23. The summed E-state index contributed by atoms with van der Waals surface area (Å²) in [5, 5.41) is 6.72. The number of rotatable bonds is 5. The molecule has 8 heteroatoms. The van der Waals surface area contributed by atoms with Gasteiger partial charge in [0.1, 0.15) is 5.75 Å². The van der Waals surface area contributed by atoms with Crippen molar-refractivity contribution >= 4 is 39.8 Å². The molecule has 1 aliphatic heterocycles. The Labute approximate surface area is 179 Å². The van der Waals surface area contributed by atoms with Crippen LogP contribution in [0.2, 0.25) is 0 Å². The molecule has 1 saturated heterocycles. The van der Waals surface area contributed by atoms with Crippen LogP contribution in [0.5, 0.6) is 5.75 Å². The maximum Gasteiger partial charge on any atom is 0.191 e. The van der Waals surface area contributed by atoms with Crippen LogP contribution >= 0.6 is 24.0 Å². The zero-order valence-electron chi connectivity index (χ0n) is 16.0. The molecular formula is C19H30IN3O3S. The molecule has 27 heavy (non-hydrogen) atoms. The third-order valence-corrected chi connectivity index (χ3v) is 7.40. The largest absolute Gasteiger partial charge is 0.496 e. The predicted molar refractivity (Wildman–Crippen MR) is 120 cm³/mol. The Hall–Kier alpha value is -1.03. The molecule has 1 aromatic rings. The van der Waals surface area contributed by atoms with Crippen LogP contribution in [0, 0.1) is 0 Å². The van der Waals surface area contributed by atoms with E-state index in [1.165, 1.54) is 18.4 Å². The summed E-state index contributed by atoms with van der Waals surface area (Å²) in [7, 11) is 0.538. The van der Waals surface area contributed by atoms with Crippen LogP contribution < -0.4 is 15.4 Å². The number of ether oxygens (including phenoxy) is 1. The number of sulfone groups is 1. The third-order valence-electron chi connectivity index (χ3n) is 5.63. The van der Waals surface area contributed by atoms with Gasteiger partial charge in [-0.2, -0.15) is 0 Å². The first-order valence-corrected chi connectivity index (χ1v) is 11.1. The van der Waals surface area contributed by atoms with E-state index in [1.807, 2.05) is 12.1 Å². The molecule has 6 nitrogen and oxygen atoms in total. The van der Waals surface area contributed by atoms with Crippen molar-refractivity contribution in [3.8, 4) is 5.75 Å². The van der Waals surface area contributed by atoms with E-state index in [2.05, 4.69) is 27.8 Å². The molecule has 2 N–H and O–H groups in total. The van der Waals surface area contributed by atoms with Gasteiger partial charge in [-0.05, 0) is 25.3 Å². The number of hydrogen-bond acceptors (Lipinski definition) is 4. The lowest BCUT2D eigenvalue weighted by Crippen LogP contribution is -2.48. The molecular weight excluding hydrogens is 477 g/mol. The van der Waals surface area contributed by atoms with Crippen LogP contribution in [-0.2, 0) is 15.3 Å². The van der Waals surface area contributed by atoms with Crippen LogP contribution in [-0.4, -0.2) is 52.6 Å². The van der Waals surface area contributed by atoms with Gasteiger partial charge >= 0.3 is 0 Å². The van der Waals surface area contributed by atoms with E-state index >= 15 is 0 Å². The maximum atomic E-state index is 11.7. The zero-order valence-corrected chi connectivity index (χ0v) is 19.2. The Kier molecular flexibility index (Phi) is 7.79. The average molecular weight is 507 g/mol. The van der Waals surface area contributed by atoms with Crippen molar-refractivity contribution in [1.29, 1.82) is 0 Å². The minimum absolute atomic E-state index is 0. The van der Waals surface area contributed by atoms with Crippen LogP contribution in [0.3, 0.4) is 0 Å². The Morgan fingerprint density at radius 3 is 2.59 bits per heavy atom. The number of aliphatic imine (C=N–C) groups is 1. The Balaban J connectivity index is 0.00000261. The monoisotopic (exact) mass is 507 g/mol.